The van der Waals surface area contributed by atoms with E-state index in [0.29, 0.717) is 12.1 Å². The van der Waals surface area contributed by atoms with Crippen molar-refractivity contribution >= 4 is 0 Å². The first-order chi connectivity index (χ1) is 9.00. The van der Waals surface area contributed by atoms with Crippen LogP contribution < -0.4 is 5.73 Å². The number of likely N-dealkylation sites (tertiary alicyclic amines) is 1. The molecule has 0 aliphatic carbocycles. The van der Waals surface area contributed by atoms with Gasteiger partial charge in [0, 0.05) is 30.7 Å². The summed E-state index contributed by atoms with van der Waals surface area (Å²) in [5.41, 5.74) is 6.44. The molecule has 0 bridgehead atoms. The van der Waals surface area contributed by atoms with Crippen LogP contribution in [0, 0.1) is 0 Å². The second kappa shape index (κ2) is 7.61. The second-order valence-corrected chi connectivity index (χ2v) is 6.49. The standard InChI is InChI=1S/C16H35N3/c1-6-15(7-2)18(5)16(13-17)9-8-11-19(12-10-16)14(3)4/h14-15H,6-13,17H2,1-5H3. The maximum atomic E-state index is 6.22. The Morgan fingerprint density at radius 2 is 1.79 bits per heavy atom. The van der Waals surface area contributed by atoms with Crippen molar-refractivity contribution in [3.8, 4) is 0 Å². The van der Waals surface area contributed by atoms with Gasteiger partial charge < -0.3 is 10.6 Å². The highest BCUT2D eigenvalue weighted by atomic mass is 15.2. The van der Waals surface area contributed by atoms with Gasteiger partial charge in [0.15, 0.2) is 0 Å². The average molecular weight is 269 g/mol. The summed E-state index contributed by atoms with van der Waals surface area (Å²) in [6, 6.07) is 1.33. The Balaban J connectivity index is 2.79. The largest absolute Gasteiger partial charge is 0.329 e. The number of nitrogens with two attached hydrogens (primary N) is 1. The number of nitrogens with zero attached hydrogens (tertiary/aromatic N) is 2. The molecule has 2 N–H and O–H groups in total. The minimum absolute atomic E-state index is 0.223. The summed E-state index contributed by atoms with van der Waals surface area (Å²) in [4.78, 5) is 5.22. The predicted octanol–water partition coefficient (Wildman–Crippen LogP) is 2.70. The molecule has 3 nitrogen and oxygen atoms in total. The molecule has 1 saturated heterocycles. The van der Waals surface area contributed by atoms with Crippen LogP contribution in [-0.4, -0.2) is 54.1 Å². The number of hydrogen-bond acceptors (Lipinski definition) is 3. The number of hydrogen-bond donors (Lipinski definition) is 1. The minimum atomic E-state index is 0.223. The molecule has 1 fully saturated rings. The molecule has 0 spiro atoms. The topological polar surface area (TPSA) is 32.5 Å². The van der Waals surface area contributed by atoms with Gasteiger partial charge in [-0.05, 0) is 59.5 Å². The molecular formula is C16H35N3. The fourth-order valence-electron chi connectivity index (χ4n) is 3.64. The molecule has 1 heterocycles. The fourth-order valence-corrected chi connectivity index (χ4v) is 3.64. The number of likely N-dealkylation sites (N-methyl/N-ethyl adjacent to an activating group) is 1. The summed E-state index contributed by atoms with van der Waals surface area (Å²) in [6.45, 7) is 12.4. The van der Waals surface area contributed by atoms with E-state index in [-0.39, 0.29) is 5.54 Å². The van der Waals surface area contributed by atoms with Crippen molar-refractivity contribution in [2.45, 2.75) is 77.4 Å². The Bertz CT molecular complexity index is 250. The Labute approximate surface area is 120 Å². The van der Waals surface area contributed by atoms with Crippen LogP contribution in [0.2, 0.25) is 0 Å². The van der Waals surface area contributed by atoms with Gasteiger partial charge >= 0.3 is 0 Å². The second-order valence-electron chi connectivity index (χ2n) is 6.49. The molecule has 0 aromatic carbocycles. The zero-order chi connectivity index (χ0) is 14.5. The molecular weight excluding hydrogens is 234 g/mol. The molecule has 1 unspecified atom stereocenters. The molecule has 19 heavy (non-hydrogen) atoms. The van der Waals surface area contributed by atoms with Gasteiger partial charge in [0.2, 0.25) is 0 Å². The lowest BCUT2D eigenvalue weighted by Crippen LogP contribution is -2.56. The molecule has 1 aliphatic rings. The highest BCUT2D eigenvalue weighted by Gasteiger charge is 2.37. The van der Waals surface area contributed by atoms with E-state index in [2.05, 4.69) is 44.5 Å². The van der Waals surface area contributed by atoms with Crippen LogP contribution in [0.5, 0.6) is 0 Å². The van der Waals surface area contributed by atoms with Crippen molar-refractivity contribution in [1.29, 1.82) is 0 Å². The molecule has 0 radical (unpaired) electrons. The third-order valence-corrected chi connectivity index (χ3v) is 5.30. The lowest BCUT2D eigenvalue weighted by atomic mass is 9.86. The van der Waals surface area contributed by atoms with Gasteiger partial charge in [0.1, 0.15) is 0 Å². The van der Waals surface area contributed by atoms with Gasteiger partial charge in [0.25, 0.3) is 0 Å². The molecule has 1 aliphatic heterocycles. The van der Waals surface area contributed by atoms with E-state index in [0.717, 1.165) is 6.54 Å². The molecule has 3 heteroatoms. The highest BCUT2D eigenvalue weighted by Crippen LogP contribution is 2.30. The van der Waals surface area contributed by atoms with E-state index >= 15 is 0 Å². The minimum Gasteiger partial charge on any atom is -0.329 e. The number of rotatable bonds is 6. The molecule has 1 atom stereocenters. The van der Waals surface area contributed by atoms with Crippen LogP contribution in [0.4, 0.5) is 0 Å². The SMILES string of the molecule is CCC(CC)N(C)C1(CN)CCCN(C(C)C)CC1. The summed E-state index contributed by atoms with van der Waals surface area (Å²) in [6.07, 6.45) is 6.19. The van der Waals surface area contributed by atoms with Crippen LogP contribution in [0.25, 0.3) is 0 Å². The van der Waals surface area contributed by atoms with Gasteiger partial charge in [-0.2, -0.15) is 0 Å². The van der Waals surface area contributed by atoms with Gasteiger partial charge in [0.05, 0.1) is 0 Å². The smallest absolute Gasteiger partial charge is 0.0344 e. The Hall–Kier alpha value is -0.120. The zero-order valence-electron chi connectivity index (χ0n) is 13.8. The molecule has 0 saturated carbocycles. The summed E-state index contributed by atoms with van der Waals surface area (Å²) in [7, 11) is 2.30. The van der Waals surface area contributed by atoms with Crippen molar-refractivity contribution in [2.75, 3.05) is 26.7 Å². The highest BCUT2D eigenvalue weighted by molar-refractivity contribution is 4.95. The maximum absolute atomic E-state index is 6.22. The third kappa shape index (κ3) is 3.93. The molecule has 114 valence electrons. The first-order valence-electron chi connectivity index (χ1n) is 8.17. The summed E-state index contributed by atoms with van der Waals surface area (Å²) in [5.74, 6) is 0. The molecule has 0 amide bonds. The zero-order valence-corrected chi connectivity index (χ0v) is 13.8. The summed E-state index contributed by atoms with van der Waals surface area (Å²) >= 11 is 0. The van der Waals surface area contributed by atoms with E-state index in [1.54, 1.807) is 0 Å². The van der Waals surface area contributed by atoms with Crippen LogP contribution >= 0.6 is 0 Å². The van der Waals surface area contributed by atoms with E-state index in [4.69, 9.17) is 5.73 Å². The first-order valence-corrected chi connectivity index (χ1v) is 8.17. The predicted molar refractivity (Wildman–Crippen MR) is 84.5 cm³/mol. The Morgan fingerprint density at radius 1 is 1.16 bits per heavy atom. The van der Waals surface area contributed by atoms with Gasteiger partial charge in [-0.3, -0.25) is 4.90 Å². The normalized spacial score (nSPS) is 26.4. The average Bonchev–Trinajstić information content (AvgIpc) is 2.63. The Kier molecular flexibility index (Phi) is 6.78. The van der Waals surface area contributed by atoms with E-state index in [9.17, 15) is 0 Å². The van der Waals surface area contributed by atoms with Crippen LogP contribution in [-0.2, 0) is 0 Å². The Morgan fingerprint density at radius 3 is 2.26 bits per heavy atom. The maximum Gasteiger partial charge on any atom is 0.0344 e. The molecule has 1 rings (SSSR count). The van der Waals surface area contributed by atoms with E-state index in [1.807, 2.05) is 0 Å². The van der Waals surface area contributed by atoms with Crippen LogP contribution in [0.15, 0.2) is 0 Å². The van der Waals surface area contributed by atoms with Crippen molar-refractivity contribution in [3.05, 3.63) is 0 Å². The van der Waals surface area contributed by atoms with Crippen molar-refractivity contribution < 1.29 is 0 Å². The quantitative estimate of drug-likeness (QED) is 0.805. The van der Waals surface area contributed by atoms with Crippen LogP contribution in [0.3, 0.4) is 0 Å². The summed E-state index contributed by atoms with van der Waals surface area (Å²) < 4.78 is 0. The van der Waals surface area contributed by atoms with Crippen LogP contribution in [0.1, 0.15) is 59.8 Å². The van der Waals surface area contributed by atoms with Gasteiger partial charge in [-0.25, -0.2) is 0 Å². The van der Waals surface area contributed by atoms with Gasteiger partial charge in [-0.15, -0.1) is 0 Å². The summed E-state index contributed by atoms with van der Waals surface area (Å²) in [5, 5.41) is 0. The lowest BCUT2D eigenvalue weighted by molar-refractivity contribution is 0.0574. The lowest BCUT2D eigenvalue weighted by Gasteiger charge is -2.45. The molecule has 0 aromatic heterocycles. The molecule has 0 aromatic rings. The van der Waals surface area contributed by atoms with E-state index < -0.39 is 0 Å². The van der Waals surface area contributed by atoms with Crippen molar-refractivity contribution in [3.63, 3.8) is 0 Å². The third-order valence-electron chi connectivity index (χ3n) is 5.30. The fraction of sp³-hybridized carbons (Fsp3) is 1.00. The van der Waals surface area contributed by atoms with Gasteiger partial charge in [-0.1, -0.05) is 13.8 Å². The van der Waals surface area contributed by atoms with E-state index in [1.165, 1.54) is 45.2 Å². The first kappa shape index (κ1) is 16.9. The van der Waals surface area contributed by atoms with Crippen molar-refractivity contribution in [1.82, 2.24) is 9.80 Å². The van der Waals surface area contributed by atoms with Crippen molar-refractivity contribution in [2.24, 2.45) is 5.73 Å². The monoisotopic (exact) mass is 269 g/mol.